The van der Waals surface area contributed by atoms with E-state index in [4.69, 9.17) is 4.98 Å². The molecule has 19 heavy (non-hydrogen) atoms. The SMILES string of the molecule is CCc1ccc(-c2nc3c(s2)C(O)CN(C)C3)cc1. The molecule has 1 unspecified atom stereocenters. The van der Waals surface area contributed by atoms with Gasteiger partial charge in [0.05, 0.1) is 10.6 Å². The molecule has 1 aromatic heterocycles. The van der Waals surface area contributed by atoms with E-state index >= 15 is 0 Å². The quantitative estimate of drug-likeness (QED) is 0.915. The van der Waals surface area contributed by atoms with Crippen LogP contribution in [-0.2, 0) is 13.0 Å². The number of aliphatic hydroxyl groups excluding tert-OH is 1. The van der Waals surface area contributed by atoms with Crippen molar-refractivity contribution >= 4 is 11.3 Å². The van der Waals surface area contributed by atoms with Crippen molar-refractivity contribution in [2.24, 2.45) is 0 Å². The van der Waals surface area contributed by atoms with Gasteiger partial charge in [-0.2, -0.15) is 0 Å². The van der Waals surface area contributed by atoms with E-state index in [1.165, 1.54) is 5.56 Å². The molecule has 1 atom stereocenters. The van der Waals surface area contributed by atoms with Gasteiger partial charge < -0.3 is 5.11 Å². The van der Waals surface area contributed by atoms with E-state index in [0.717, 1.165) is 34.1 Å². The summed E-state index contributed by atoms with van der Waals surface area (Å²) < 4.78 is 0. The standard InChI is InChI=1S/C15H18N2OS/c1-3-10-4-6-11(7-5-10)15-16-12-8-17(2)9-13(18)14(12)19-15/h4-7,13,18H,3,8-9H2,1-2H3. The number of likely N-dealkylation sites (N-methyl/N-ethyl adjacent to an activating group) is 1. The number of hydrogen-bond donors (Lipinski definition) is 1. The highest BCUT2D eigenvalue weighted by molar-refractivity contribution is 7.15. The molecular weight excluding hydrogens is 256 g/mol. The van der Waals surface area contributed by atoms with Crippen molar-refractivity contribution in [2.75, 3.05) is 13.6 Å². The average molecular weight is 274 g/mol. The Bertz CT molecular complexity index is 576. The van der Waals surface area contributed by atoms with E-state index in [1.54, 1.807) is 11.3 Å². The first-order valence-electron chi connectivity index (χ1n) is 6.63. The molecule has 0 saturated heterocycles. The monoisotopic (exact) mass is 274 g/mol. The van der Waals surface area contributed by atoms with Gasteiger partial charge in [-0.05, 0) is 19.0 Å². The third kappa shape index (κ3) is 2.43. The molecular formula is C15H18N2OS. The van der Waals surface area contributed by atoms with Crippen LogP contribution in [0.4, 0.5) is 0 Å². The number of hydrogen-bond acceptors (Lipinski definition) is 4. The highest BCUT2D eigenvalue weighted by Crippen LogP contribution is 2.35. The Hall–Kier alpha value is -1.23. The van der Waals surface area contributed by atoms with Gasteiger partial charge in [-0.3, -0.25) is 4.90 Å². The molecule has 0 saturated carbocycles. The van der Waals surface area contributed by atoms with Crippen LogP contribution < -0.4 is 0 Å². The Morgan fingerprint density at radius 2 is 2.11 bits per heavy atom. The first kappa shape index (κ1) is 12.8. The second kappa shape index (κ2) is 5.04. The Morgan fingerprint density at radius 3 is 2.79 bits per heavy atom. The molecule has 4 heteroatoms. The second-order valence-corrected chi connectivity index (χ2v) is 6.12. The number of rotatable bonds is 2. The fourth-order valence-corrected chi connectivity index (χ4v) is 3.50. The number of thiazole rings is 1. The summed E-state index contributed by atoms with van der Waals surface area (Å²) in [5.74, 6) is 0. The third-order valence-electron chi connectivity index (χ3n) is 3.54. The van der Waals surface area contributed by atoms with Crippen molar-refractivity contribution in [1.29, 1.82) is 0 Å². The maximum atomic E-state index is 10.1. The lowest BCUT2D eigenvalue weighted by atomic mass is 10.1. The molecule has 1 aliphatic rings. The van der Waals surface area contributed by atoms with Gasteiger partial charge in [0, 0.05) is 18.7 Å². The minimum Gasteiger partial charge on any atom is -0.386 e. The number of fused-ring (bicyclic) bond motifs is 1. The Kier molecular flexibility index (Phi) is 3.39. The van der Waals surface area contributed by atoms with Crippen molar-refractivity contribution in [2.45, 2.75) is 26.0 Å². The molecule has 0 radical (unpaired) electrons. The Labute approximate surface area is 117 Å². The summed E-state index contributed by atoms with van der Waals surface area (Å²) in [6.07, 6.45) is 0.660. The zero-order chi connectivity index (χ0) is 13.4. The summed E-state index contributed by atoms with van der Waals surface area (Å²) in [5.41, 5.74) is 3.51. The van der Waals surface area contributed by atoms with Gasteiger partial charge in [0.1, 0.15) is 11.1 Å². The highest BCUT2D eigenvalue weighted by atomic mass is 32.1. The van der Waals surface area contributed by atoms with Crippen LogP contribution in [0.5, 0.6) is 0 Å². The zero-order valence-corrected chi connectivity index (χ0v) is 12.1. The van der Waals surface area contributed by atoms with E-state index in [2.05, 4.69) is 36.1 Å². The Morgan fingerprint density at radius 1 is 1.37 bits per heavy atom. The van der Waals surface area contributed by atoms with Crippen molar-refractivity contribution in [3.8, 4) is 10.6 Å². The number of β-amino-alcohol motifs (C(OH)–C–C–N with tert-alkyl or cyclic N) is 1. The van der Waals surface area contributed by atoms with Gasteiger partial charge in [0.15, 0.2) is 0 Å². The van der Waals surface area contributed by atoms with Crippen LogP contribution in [0.15, 0.2) is 24.3 Å². The summed E-state index contributed by atoms with van der Waals surface area (Å²) in [7, 11) is 2.02. The van der Waals surface area contributed by atoms with Crippen molar-refractivity contribution in [3.63, 3.8) is 0 Å². The van der Waals surface area contributed by atoms with Crippen LogP contribution in [0.2, 0.25) is 0 Å². The summed E-state index contributed by atoms with van der Waals surface area (Å²) in [4.78, 5) is 7.84. The van der Waals surface area contributed by atoms with Gasteiger partial charge in [0.2, 0.25) is 0 Å². The molecule has 0 bridgehead atoms. The van der Waals surface area contributed by atoms with Crippen LogP contribution in [0.25, 0.3) is 10.6 Å². The maximum Gasteiger partial charge on any atom is 0.124 e. The van der Waals surface area contributed by atoms with Crippen LogP contribution in [0.3, 0.4) is 0 Å². The summed E-state index contributed by atoms with van der Waals surface area (Å²) in [6, 6.07) is 8.55. The minimum absolute atomic E-state index is 0.394. The topological polar surface area (TPSA) is 36.4 Å². The number of nitrogens with zero attached hydrogens (tertiary/aromatic N) is 2. The fraction of sp³-hybridized carbons (Fsp3) is 0.400. The van der Waals surface area contributed by atoms with Crippen molar-refractivity contribution in [1.82, 2.24) is 9.88 Å². The molecule has 0 spiro atoms. The van der Waals surface area contributed by atoms with E-state index in [0.29, 0.717) is 6.54 Å². The van der Waals surface area contributed by atoms with Crippen molar-refractivity contribution < 1.29 is 5.11 Å². The molecule has 0 amide bonds. The molecule has 1 N–H and O–H groups in total. The molecule has 2 heterocycles. The largest absolute Gasteiger partial charge is 0.386 e. The van der Waals surface area contributed by atoms with E-state index in [-0.39, 0.29) is 0 Å². The molecule has 3 nitrogen and oxygen atoms in total. The zero-order valence-electron chi connectivity index (χ0n) is 11.3. The van der Waals surface area contributed by atoms with Gasteiger partial charge in [-0.25, -0.2) is 4.98 Å². The molecule has 1 aliphatic heterocycles. The van der Waals surface area contributed by atoms with Crippen LogP contribution in [0, 0.1) is 0 Å². The highest BCUT2D eigenvalue weighted by Gasteiger charge is 2.25. The number of aryl methyl sites for hydroxylation is 1. The Balaban J connectivity index is 1.95. The molecule has 100 valence electrons. The number of aliphatic hydroxyl groups is 1. The normalized spacial score (nSPS) is 19.4. The molecule has 3 rings (SSSR count). The summed E-state index contributed by atoms with van der Waals surface area (Å²) >= 11 is 1.62. The van der Waals surface area contributed by atoms with Gasteiger partial charge >= 0.3 is 0 Å². The van der Waals surface area contributed by atoms with Crippen LogP contribution >= 0.6 is 11.3 Å². The second-order valence-electron chi connectivity index (χ2n) is 5.09. The fourth-order valence-electron chi connectivity index (χ4n) is 2.44. The first-order valence-corrected chi connectivity index (χ1v) is 7.44. The maximum absolute atomic E-state index is 10.1. The van der Waals surface area contributed by atoms with Gasteiger partial charge in [0.25, 0.3) is 0 Å². The molecule has 0 fully saturated rings. The predicted octanol–water partition coefficient (Wildman–Crippen LogP) is 2.85. The van der Waals surface area contributed by atoms with Gasteiger partial charge in [-0.15, -0.1) is 11.3 Å². The molecule has 1 aromatic carbocycles. The first-order chi connectivity index (χ1) is 9.17. The van der Waals surface area contributed by atoms with E-state index < -0.39 is 6.10 Å². The summed E-state index contributed by atoms with van der Waals surface area (Å²) in [6.45, 7) is 3.68. The van der Waals surface area contributed by atoms with E-state index in [9.17, 15) is 5.11 Å². The smallest absolute Gasteiger partial charge is 0.124 e. The average Bonchev–Trinajstić information content (AvgIpc) is 2.83. The summed E-state index contributed by atoms with van der Waals surface area (Å²) in [5, 5.41) is 11.1. The van der Waals surface area contributed by atoms with Crippen LogP contribution in [0.1, 0.15) is 29.2 Å². The van der Waals surface area contributed by atoms with Crippen molar-refractivity contribution in [3.05, 3.63) is 40.4 Å². The van der Waals surface area contributed by atoms with E-state index in [1.807, 2.05) is 7.05 Å². The molecule has 2 aromatic rings. The minimum atomic E-state index is -0.394. The van der Waals surface area contributed by atoms with Gasteiger partial charge in [-0.1, -0.05) is 31.2 Å². The third-order valence-corrected chi connectivity index (χ3v) is 4.79. The number of aromatic nitrogens is 1. The lowest BCUT2D eigenvalue weighted by Gasteiger charge is -2.25. The molecule has 0 aliphatic carbocycles. The lowest BCUT2D eigenvalue weighted by molar-refractivity contribution is 0.110. The number of benzene rings is 1. The lowest BCUT2D eigenvalue weighted by Crippen LogP contribution is -2.29. The predicted molar refractivity (Wildman–Crippen MR) is 78.2 cm³/mol. The van der Waals surface area contributed by atoms with Crippen LogP contribution in [-0.4, -0.2) is 28.6 Å².